The zero-order valence-corrected chi connectivity index (χ0v) is 17.9. The maximum atomic E-state index is 12.6. The van der Waals surface area contributed by atoms with Crippen LogP contribution in [0.15, 0.2) is 41.3 Å². The fraction of sp³-hybridized carbons (Fsp3) is 0.222. The van der Waals surface area contributed by atoms with Crippen molar-refractivity contribution in [3.63, 3.8) is 0 Å². The molecule has 0 aliphatic rings. The normalized spacial score (nSPS) is 11.3. The molecule has 0 bridgehead atoms. The lowest BCUT2D eigenvalue weighted by Crippen LogP contribution is -2.41. The Balaban J connectivity index is 2.23. The molecule has 0 atom stereocenters. The van der Waals surface area contributed by atoms with Gasteiger partial charge in [0, 0.05) is 18.1 Å². The second-order valence-electron chi connectivity index (χ2n) is 5.80. The summed E-state index contributed by atoms with van der Waals surface area (Å²) in [5.74, 6) is -1.98. The van der Waals surface area contributed by atoms with Gasteiger partial charge >= 0.3 is 0 Å². The summed E-state index contributed by atoms with van der Waals surface area (Å²) in [6.45, 7) is 3.93. The first-order valence-electron chi connectivity index (χ1n) is 8.50. The van der Waals surface area contributed by atoms with Gasteiger partial charge in [0.25, 0.3) is 11.8 Å². The largest absolute Gasteiger partial charge is 0.507 e. The Morgan fingerprint density at radius 2 is 1.55 bits per heavy atom. The Hall–Kier alpha value is -2.33. The number of carbonyl (C=O) groups is 2. The van der Waals surface area contributed by atoms with E-state index >= 15 is 0 Å². The first-order valence-corrected chi connectivity index (χ1v) is 10.7. The Kier molecular flexibility index (Phi) is 7.48. The van der Waals surface area contributed by atoms with Crippen molar-refractivity contribution >= 4 is 45.0 Å². The van der Waals surface area contributed by atoms with Gasteiger partial charge in [-0.25, -0.2) is 8.42 Å². The van der Waals surface area contributed by atoms with Crippen molar-refractivity contribution in [2.75, 3.05) is 13.1 Å². The molecular weight excluding hydrogens is 441 g/mol. The molecule has 0 aliphatic heterocycles. The van der Waals surface area contributed by atoms with Crippen LogP contribution >= 0.6 is 23.2 Å². The van der Waals surface area contributed by atoms with Gasteiger partial charge in [0.15, 0.2) is 0 Å². The van der Waals surface area contributed by atoms with Crippen molar-refractivity contribution in [2.45, 2.75) is 18.7 Å². The summed E-state index contributed by atoms with van der Waals surface area (Å²) in [6.07, 6.45) is 0. The van der Waals surface area contributed by atoms with Gasteiger partial charge in [0.05, 0.1) is 21.0 Å². The van der Waals surface area contributed by atoms with Gasteiger partial charge < -0.3 is 5.11 Å². The summed E-state index contributed by atoms with van der Waals surface area (Å²) in [5.41, 5.74) is 3.96. The summed E-state index contributed by atoms with van der Waals surface area (Å²) in [6, 6.07) is 7.58. The van der Waals surface area contributed by atoms with Crippen LogP contribution in [0.4, 0.5) is 0 Å². The minimum atomic E-state index is -3.80. The topological polar surface area (TPSA) is 116 Å². The first kappa shape index (κ1) is 23.0. The van der Waals surface area contributed by atoms with Crippen molar-refractivity contribution in [3.8, 4) is 5.75 Å². The Bertz CT molecular complexity index is 1040. The Labute approximate surface area is 178 Å². The molecule has 0 saturated carbocycles. The summed E-state index contributed by atoms with van der Waals surface area (Å²) in [7, 11) is -3.80. The van der Waals surface area contributed by atoms with E-state index in [-0.39, 0.29) is 44.9 Å². The van der Waals surface area contributed by atoms with Crippen molar-refractivity contribution < 1.29 is 23.1 Å². The maximum Gasteiger partial charge on any atom is 0.273 e. The number of carbonyl (C=O) groups excluding carboxylic acids is 2. The van der Waals surface area contributed by atoms with Gasteiger partial charge in [0.2, 0.25) is 10.0 Å². The number of benzene rings is 2. The number of aromatic hydroxyl groups is 1. The fourth-order valence-electron chi connectivity index (χ4n) is 2.49. The number of hydrazine groups is 1. The van der Waals surface area contributed by atoms with Crippen LogP contribution in [0.2, 0.25) is 10.0 Å². The molecule has 11 heteroatoms. The highest BCUT2D eigenvalue weighted by Crippen LogP contribution is 2.23. The number of rotatable bonds is 6. The van der Waals surface area contributed by atoms with Gasteiger partial charge in [-0.2, -0.15) is 4.31 Å². The van der Waals surface area contributed by atoms with Crippen LogP contribution in [0.25, 0.3) is 0 Å². The molecule has 0 unspecified atom stereocenters. The zero-order valence-electron chi connectivity index (χ0n) is 15.6. The number of nitrogens with one attached hydrogen (secondary N) is 2. The molecule has 8 nitrogen and oxygen atoms in total. The third-order valence-electron chi connectivity index (χ3n) is 4.02. The second-order valence-corrected chi connectivity index (χ2v) is 8.58. The molecule has 0 saturated heterocycles. The Morgan fingerprint density at radius 3 is 2.14 bits per heavy atom. The predicted octanol–water partition coefficient (Wildman–Crippen LogP) is 2.80. The van der Waals surface area contributed by atoms with Crippen LogP contribution in [-0.4, -0.2) is 42.7 Å². The standard InChI is InChI=1S/C18H19Cl2N3O5S/c1-3-23(4-2)29(27,28)12-6-7-15(20)13(10-12)17(25)21-22-18(26)14-9-11(19)5-8-16(14)24/h5-10,24H,3-4H2,1-2H3,(H,21,25)(H,22,26). The first-order chi connectivity index (χ1) is 13.6. The van der Waals surface area contributed by atoms with Gasteiger partial charge in [-0.3, -0.25) is 20.4 Å². The molecule has 3 N–H and O–H groups in total. The van der Waals surface area contributed by atoms with Crippen molar-refractivity contribution in [1.29, 1.82) is 0 Å². The minimum absolute atomic E-state index is 0.000786. The Morgan fingerprint density at radius 1 is 0.966 bits per heavy atom. The lowest BCUT2D eigenvalue weighted by molar-refractivity contribution is 0.0845. The molecule has 0 spiro atoms. The molecule has 0 aliphatic carbocycles. The number of amides is 2. The third-order valence-corrected chi connectivity index (χ3v) is 6.63. The molecule has 156 valence electrons. The molecule has 0 heterocycles. The second kappa shape index (κ2) is 9.45. The highest BCUT2D eigenvalue weighted by Gasteiger charge is 2.24. The highest BCUT2D eigenvalue weighted by molar-refractivity contribution is 7.89. The van der Waals surface area contributed by atoms with Crippen LogP contribution in [-0.2, 0) is 10.0 Å². The number of phenolic OH excluding ortho intramolecular Hbond substituents is 1. The number of hydrogen-bond donors (Lipinski definition) is 3. The van der Waals surface area contributed by atoms with E-state index in [1.807, 2.05) is 0 Å². The monoisotopic (exact) mass is 459 g/mol. The molecule has 0 radical (unpaired) electrons. The fourth-order valence-corrected chi connectivity index (χ4v) is 4.35. The molecule has 2 aromatic rings. The van der Waals surface area contributed by atoms with Crippen molar-refractivity contribution in [1.82, 2.24) is 15.2 Å². The summed E-state index contributed by atoms with van der Waals surface area (Å²) in [4.78, 5) is 24.5. The summed E-state index contributed by atoms with van der Waals surface area (Å²) in [5, 5.41) is 9.95. The van der Waals surface area contributed by atoms with E-state index in [4.69, 9.17) is 23.2 Å². The number of nitrogens with zero attached hydrogens (tertiary/aromatic N) is 1. The lowest BCUT2D eigenvalue weighted by Gasteiger charge is -2.19. The predicted molar refractivity (Wildman–Crippen MR) is 110 cm³/mol. The van der Waals surface area contributed by atoms with Gasteiger partial charge in [-0.15, -0.1) is 0 Å². The number of sulfonamides is 1. The van der Waals surface area contributed by atoms with Crippen LogP contribution < -0.4 is 10.9 Å². The highest BCUT2D eigenvalue weighted by atomic mass is 35.5. The van der Waals surface area contributed by atoms with E-state index in [9.17, 15) is 23.1 Å². The molecule has 0 fully saturated rings. The molecule has 29 heavy (non-hydrogen) atoms. The van der Waals surface area contributed by atoms with Crippen LogP contribution in [0.3, 0.4) is 0 Å². The quantitative estimate of drug-likeness (QED) is 0.574. The van der Waals surface area contributed by atoms with E-state index in [1.165, 1.54) is 34.6 Å². The SMILES string of the molecule is CCN(CC)S(=O)(=O)c1ccc(Cl)c(C(=O)NNC(=O)c2cc(Cl)ccc2O)c1. The van der Waals surface area contributed by atoms with Crippen LogP contribution in [0.1, 0.15) is 34.6 Å². The maximum absolute atomic E-state index is 12.6. The van der Waals surface area contributed by atoms with Gasteiger partial charge in [0.1, 0.15) is 5.75 Å². The van der Waals surface area contributed by atoms with Crippen LogP contribution in [0, 0.1) is 0 Å². The average Bonchev–Trinajstić information content (AvgIpc) is 2.68. The van der Waals surface area contributed by atoms with E-state index in [0.717, 1.165) is 6.07 Å². The number of hydrogen-bond acceptors (Lipinski definition) is 5. The molecule has 2 rings (SSSR count). The lowest BCUT2D eigenvalue weighted by atomic mass is 10.2. The number of phenols is 1. The number of halogens is 2. The van der Waals surface area contributed by atoms with E-state index in [0.29, 0.717) is 0 Å². The minimum Gasteiger partial charge on any atom is -0.507 e. The van der Waals surface area contributed by atoms with E-state index in [2.05, 4.69) is 10.9 Å². The summed E-state index contributed by atoms with van der Waals surface area (Å²) < 4.78 is 26.5. The van der Waals surface area contributed by atoms with E-state index in [1.54, 1.807) is 13.8 Å². The van der Waals surface area contributed by atoms with Crippen LogP contribution in [0.5, 0.6) is 5.75 Å². The molecule has 0 aromatic heterocycles. The molecule has 2 amide bonds. The zero-order chi connectivity index (χ0) is 21.8. The third kappa shape index (κ3) is 5.18. The average molecular weight is 460 g/mol. The molecule has 2 aromatic carbocycles. The van der Waals surface area contributed by atoms with Crippen molar-refractivity contribution in [3.05, 3.63) is 57.6 Å². The summed E-state index contributed by atoms with van der Waals surface area (Å²) >= 11 is 11.8. The van der Waals surface area contributed by atoms with Gasteiger partial charge in [-0.1, -0.05) is 37.0 Å². The van der Waals surface area contributed by atoms with Gasteiger partial charge in [-0.05, 0) is 36.4 Å². The molecular formula is C18H19Cl2N3O5S. The van der Waals surface area contributed by atoms with E-state index < -0.39 is 21.8 Å². The van der Waals surface area contributed by atoms with Crippen molar-refractivity contribution in [2.24, 2.45) is 0 Å². The smallest absolute Gasteiger partial charge is 0.273 e.